The number of carbonyl (C=O) groups excluding carboxylic acids is 2. The van der Waals surface area contributed by atoms with Crippen LogP contribution in [0.15, 0.2) is 18.2 Å². The minimum atomic E-state index is -0.717. The Morgan fingerprint density at radius 2 is 1.96 bits per heavy atom. The van der Waals surface area contributed by atoms with Crippen LogP contribution in [0.25, 0.3) is 0 Å². The summed E-state index contributed by atoms with van der Waals surface area (Å²) in [6.07, 6.45) is 1.22. The number of hydrogen-bond donors (Lipinski definition) is 1. The predicted molar refractivity (Wildman–Crippen MR) is 87.0 cm³/mol. The lowest BCUT2D eigenvalue weighted by atomic mass is 9.80. The highest BCUT2D eigenvalue weighted by molar-refractivity contribution is 6.17. The number of hydrogen-bond acceptors (Lipinski definition) is 4. The molecule has 5 nitrogen and oxygen atoms in total. The van der Waals surface area contributed by atoms with E-state index in [0.29, 0.717) is 32.5 Å². The molecular weight excluding hydrogens is 292 g/mol. The number of ketones is 1. The largest absolute Gasteiger partial charge is 0.343 e. The first-order valence-electron chi connectivity index (χ1n) is 8.28. The molecule has 2 heterocycles. The number of Topliss-reactive ketones (excluding diaryl/α,β-unsaturated/α-hetero) is 1. The first-order valence-corrected chi connectivity index (χ1v) is 8.28. The summed E-state index contributed by atoms with van der Waals surface area (Å²) in [5.74, 6) is -0.811. The van der Waals surface area contributed by atoms with Crippen LogP contribution in [-0.4, -0.2) is 42.0 Å². The zero-order chi connectivity index (χ0) is 16.6. The fraction of sp³-hybridized carbons (Fsp3) is 0.556. The van der Waals surface area contributed by atoms with E-state index in [0.717, 1.165) is 16.7 Å². The van der Waals surface area contributed by atoms with Crippen molar-refractivity contribution in [1.82, 2.24) is 10.4 Å². The van der Waals surface area contributed by atoms with Gasteiger partial charge in [-0.1, -0.05) is 23.8 Å². The Morgan fingerprint density at radius 1 is 1.26 bits per heavy atom. The van der Waals surface area contributed by atoms with Crippen LogP contribution in [0.1, 0.15) is 42.4 Å². The third-order valence-electron chi connectivity index (χ3n) is 4.99. The maximum absolute atomic E-state index is 13.1. The van der Waals surface area contributed by atoms with Crippen molar-refractivity contribution in [2.75, 3.05) is 19.7 Å². The summed E-state index contributed by atoms with van der Waals surface area (Å²) in [5.41, 5.74) is 2.19. The maximum atomic E-state index is 13.1. The minimum absolute atomic E-state index is 0.0207. The number of benzene rings is 1. The minimum Gasteiger partial charge on any atom is -0.343 e. The Balaban J connectivity index is 1.85. The van der Waals surface area contributed by atoms with E-state index in [1.807, 2.05) is 44.0 Å². The average molecular weight is 316 g/mol. The molecule has 0 aromatic heterocycles. The molecule has 1 atom stereocenters. The smallest absolute Gasteiger partial charge is 0.235 e. The molecule has 124 valence electrons. The van der Waals surface area contributed by atoms with Crippen LogP contribution in [0.2, 0.25) is 0 Å². The van der Waals surface area contributed by atoms with Crippen LogP contribution in [0.3, 0.4) is 0 Å². The topological polar surface area (TPSA) is 58.6 Å². The molecule has 1 N–H and O–H groups in total. The third kappa shape index (κ3) is 2.79. The van der Waals surface area contributed by atoms with Gasteiger partial charge < -0.3 is 5.32 Å². The zero-order valence-electron chi connectivity index (χ0n) is 14.0. The van der Waals surface area contributed by atoms with Crippen molar-refractivity contribution in [3.05, 3.63) is 34.9 Å². The van der Waals surface area contributed by atoms with Gasteiger partial charge in [0, 0.05) is 13.1 Å². The normalized spacial score (nSPS) is 24.2. The summed E-state index contributed by atoms with van der Waals surface area (Å²) in [4.78, 5) is 31.1. The zero-order valence-corrected chi connectivity index (χ0v) is 14.0. The second-order valence-electron chi connectivity index (χ2n) is 6.58. The van der Waals surface area contributed by atoms with Gasteiger partial charge in [-0.25, -0.2) is 0 Å². The van der Waals surface area contributed by atoms with E-state index in [2.05, 4.69) is 5.32 Å². The molecule has 2 saturated heterocycles. The first kappa shape index (κ1) is 16.1. The quantitative estimate of drug-likeness (QED) is 0.865. The van der Waals surface area contributed by atoms with Gasteiger partial charge in [0.1, 0.15) is 11.5 Å². The van der Waals surface area contributed by atoms with Gasteiger partial charge in [-0.15, -0.1) is 0 Å². The van der Waals surface area contributed by atoms with Crippen LogP contribution in [0, 0.1) is 13.8 Å². The second-order valence-corrected chi connectivity index (χ2v) is 6.58. The van der Waals surface area contributed by atoms with E-state index in [1.54, 1.807) is 0 Å². The summed E-state index contributed by atoms with van der Waals surface area (Å²) >= 11 is 0. The average Bonchev–Trinajstić information content (AvgIpc) is 2.76. The molecule has 0 aliphatic carbocycles. The van der Waals surface area contributed by atoms with Crippen LogP contribution in [-0.2, 0) is 14.4 Å². The van der Waals surface area contributed by atoms with Crippen LogP contribution in [0.4, 0.5) is 0 Å². The van der Waals surface area contributed by atoms with Gasteiger partial charge in [0.15, 0.2) is 5.78 Å². The van der Waals surface area contributed by atoms with Crippen molar-refractivity contribution in [3.63, 3.8) is 0 Å². The number of piperidine rings is 1. The molecule has 2 aliphatic rings. The van der Waals surface area contributed by atoms with Gasteiger partial charge in [0.2, 0.25) is 5.91 Å². The monoisotopic (exact) mass is 316 g/mol. The van der Waals surface area contributed by atoms with Crippen molar-refractivity contribution < 1.29 is 14.4 Å². The fourth-order valence-corrected chi connectivity index (χ4v) is 3.67. The molecule has 1 aromatic rings. The van der Waals surface area contributed by atoms with Gasteiger partial charge in [0.25, 0.3) is 0 Å². The third-order valence-corrected chi connectivity index (χ3v) is 4.99. The van der Waals surface area contributed by atoms with Crippen LogP contribution in [0.5, 0.6) is 0 Å². The Kier molecular flexibility index (Phi) is 4.25. The standard InChI is InChI=1S/C18H24N2O3/c1-4-23-20-9-7-18(8-10-20)16(21)15(17(22)19-18)14-11-12(2)5-6-13(14)3/h5-6,11,15H,4,7-10H2,1-3H3,(H,19,22). The van der Waals surface area contributed by atoms with E-state index in [9.17, 15) is 9.59 Å². The van der Waals surface area contributed by atoms with Crippen LogP contribution >= 0.6 is 0 Å². The number of amides is 1. The summed E-state index contributed by atoms with van der Waals surface area (Å²) in [7, 11) is 0. The van der Waals surface area contributed by atoms with Gasteiger partial charge in [-0.2, -0.15) is 5.06 Å². The Morgan fingerprint density at radius 3 is 2.61 bits per heavy atom. The molecule has 0 radical (unpaired) electrons. The van der Waals surface area contributed by atoms with E-state index in [-0.39, 0.29) is 11.7 Å². The van der Waals surface area contributed by atoms with Crippen molar-refractivity contribution >= 4 is 11.7 Å². The molecular formula is C18H24N2O3. The van der Waals surface area contributed by atoms with Gasteiger partial charge in [-0.3, -0.25) is 14.4 Å². The molecule has 3 rings (SSSR count). The number of nitrogens with zero attached hydrogens (tertiary/aromatic N) is 1. The number of aryl methyl sites for hydroxylation is 2. The molecule has 1 spiro atoms. The number of carbonyl (C=O) groups is 2. The summed E-state index contributed by atoms with van der Waals surface area (Å²) < 4.78 is 0. The molecule has 2 fully saturated rings. The van der Waals surface area contributed by atoms with Crippen molar-refractivity contribution in [3.8, 4) is 0 Å². The number of nitrogens with one attached hydrogen (secondary N) is 1. The highest BCUT2D eigenvalue weighted by atomic mass is 16.7. The van der Waals surface area contributed by atoms with Crippen molar-refractivity contribution in [2.24, 2.45) is 0 Å². The fourth-order valence-electron chi connectivity index (χ4n) is 3.67. The van der Waals surface area contributed by atoms with E-state index in [1.165, 1.54) is 0 Å². The Hall–Kier alpha value is -1.72. The predicted octanol–water partition coefficient (Wildman–Crippen LogP) is 1.87. The lowest BCUT2D eigenvalue weighted by Crippen LogP contribution is -2.54. The first-order chi connectivity index (χ1) is 11.0. The van der Waals surface area contributed by atoms with E-state index < -0.39 is 11.5 Å². The molecule has 0 saturated carbocycles. The van der Waals surface area contributed by atoms with Gasteiger partial charge in [0.05, 0.1) is 6.61 Å². The highest BCUT2D eigenvalue weighted by Gasteiger charge is 2.54. The van der Waals surface area contributed by atoms with E-state index >= 15 is 0 Å². The number of rotatable bonds is 3. The Bertz CT molecular complexity index is 633. The lowest BCUT2D eigenvalue weighted by Gasteiger charge is -2.37. The molecule has 1 amide bonds. The lowest BCUT2D eigenvalue weighted by molar-refractivity contribution is -0.174. The van der Waals surface area contributed by atoms with Gasteiger partial charge >= 0.3 is 0 Å². The molecule has 0 bridgehead atoms. The number of hydroxylamine groups is 2. The Labute approximate surface area is 136 Å². The second kappa shape index (κ2) is 6.06. The molecule has 1 unspecified atom stereocenters. The molecule has 1 aromatic carbocycles. The van der Waals surface area contributed by atoms with Crippen molar-refractivity contribution in [2.45, 2.75) is 45.1 Å². The molecule has 5 heteroatoms. The van der Waals surface area contributed by atoms with Gasteiger partial charge in [-0.05, 0) is 44.7 Å². The molecule has 23 heavy (non-hydrogen) atoms. The summed E-state index contributed by atoms with van der Waals surface area (Å²) in [5, 5.41) is 4.89. The van der Waals surface area contributed by atoms with Crippen molar-refractivity contribution in [1.29, 1.82) is 0 Å². The SMILES string of the molecule is CCON1CCC2(CC1)NC(=O)C(c1cc(C)ccc1C)C2=O. The van der Waals surface area contributed by atoms with Crippen LogP contribution < -0.4 is 5.32 Å². The van der Waals surface area contributed by atoms with E-state index in [4.69, 9.17) is 4.84 Å². The summed E-state index contributed by atoms with van der Waals surface area (Å²) in [6, 6.07) is 5.95. The highest BCUT2D eigenvalue weighted by Crippen LogP contribution is 2.37. The summed E-state index contributed by atoms with van der Waals surface area (Å²) in [6.45, 7) is 7.84. The maximum Gasteiger partial charge on any atom is 0.235 e. The molecule has 2 aliphatic heterocycles.